The van der Waals surface area contributed by atoms with E-state index < -0.39 is 0 Å². The molecule has 1 rings (SSSR count). The molecule has 1 atom stereocenters. The molecule has 0 heterocycles. The van der Waals surface area contributed by atoms with Gasteiger partial charge in [-0.25, -0.2) is 0 Å². The number of benzene rings is 1. The zero-order valence-corrected chi connectivity index (χ0v) is 10.7. The van der Waals surface area contributed by atoms with Gasteiger partial charge in [-0.05, 0) is 6.08 Å². The third-order valence-electron chi connectivity index (χ3n) is 2.43. The van der Waals surface area contributed by atoms with Gasteiger partial charge in [0.15, 0.2) is 6.00 Å². The fourth-order valence-electron chi connectivity index (χ4n) is 1.55. The van der Waals surface area contributed by atoms with Crippen LogP contribution >= 0.6 is 11.6 Å². The van der Waals surface area contributed by atoms with Gasteiger partial charge in [-0.1, -0.05) is 48.5 Å². The van der Waals surface area contributed by atoms with Crippen LogP contribution in [0, 0.1) is 0 Å². The summed E-state index contributed by atoms with van der Waals surface area (Å²) in [6, 6.07) is 11.2. The lowest BCUT2D eigenvalue weighted by atomic mass is 10.1. The molecule has 0 aliphatic heterocycles. The second-order valence-electron chi connectivity index (χ2n) is 3.99. The van der Waals surface area contributed by atoms with E-state index in [0.717, 1.165) is 4.48 Å². The maximum Gasteiger partial charge on any atom is 0.155 e. The van der Waals surface area contributed by atoms with E-state index in [4.69, 9.17) is 11.6 Å². The summed E-state index contributed by atoms with van der Waals surface area (Å²) in [7, 11) is 4.21. The highest BCUT2D eigenvalue weighted by Crippen LogP contribution is 2.26. The molecule has 0 saturated carbocycles. The van der Waals surface area contributed by atoms with Gasteiger partial charge in [0.05, 0.1) is 14.1 Å². The number of halogens is 2. The van der Waals surface area contributed by atoms with E-state index >= 15 is 0 Å². The molecule has 1 unspecified atom stereocenters. The molecule has 0 radical (unpaired) electrons. The Morgan fingerprint density at radius 2 is 1.87 bits per heavy atom. The summed E-state index contributed by atoms with van der Waals surface area (Å²) in [4.78, 5) is 0. The molecule has 0 aromatic heterocycles. The Morgan fingerprint density at radius 3 is 2.27 bits per heavy atom. The molecule has 0 aliphatic rings. The average Bonchev–Trinajstić information content (AvgIpc) is 2.20. The van der Waals surface area contributed by atoms with Crippen molar-refractivity contribution in [2.45, 2.75) is 6.04 Å². The minimum Gasteiger partial charge on any atom is -1.00 e. The number of quaternary nitrogens is 1. The van der Waals surface area contributed by atoms with Crippen molar-refractivity contribution in [3.63, 3.8) is 0 Å². The quantitative estimate of drug-likeness (QED) is 0.308. The lowest BCUT2D eigenvalue weighted by molar-refractivity contribution is -0.903. The molecule has 1 aromatic rings. The lowest BCUT2D eigenvalue weighted by Gasteiger charge is -2.34. The Hall–Kier alpha value is -0.500. The van der Waals surface area contributed by atoms with E-state index in [1.165, 1.54) is 5.56 Å². The van der Waals surface area contributed by atoms with Gasteiger partial charge in [-0.3, -0.25) is 0 Å². The largest absolute Gasteiger partial charge is 1.00 e. The smallest absolute Gasteiger partial charge is 0.155 e. The predicted molar refractivity (Wildman–Crippen MR) is 62.2 cm³/mol. The van der Waals surface area contributed by atoms with E-state index in [9.17, 15) is 0 Å². The summed E-state index contributed by atoms with van der Waals surface area (Å²) in [5, 5.41) is 0. The second-order valence-corrected chi connectivity index (χ2v) is 4.23. The second kappa shape index (κ2) is 6.16. The molecule has 15 heavy (non-hydrogen) atoms. The van der Waals surface area contributed by atoms with Gasteiger partial charge in [-0.2, -0.15) is 0 Å². The van der Waals surface area contributed by atoms with E-state index in [2.05, 4.69) is 32.8 Å². The number of hydrogen-bond acceptors (Lipinski definition) is 0. The van der Waals surface area contributed by atoms with Gasteiger partial charge in [0.2, 0.25) is 0 Å². The topological polar surface area (TPSA) is 0 Å². The maximum absolute atomic E-state index is 5.94. The Kier molecular flexibility index (Phi) is 5.96. The number of likely N-dealkylation sites (N-methyl/N-ethyl adjacent to an activating group) is 1. The Morgan fingerprint density at radius 1 is 1.33 bits per heavy atom. The number of rotatable bonds is 4. The van der Waals surface area contributed by atoms with Crippen LogP contribution in [-0.4, -0.2) is 24.6 Å². The molecular formula is C12H17Cl2N. The van der Waals surface area contributed by atoms with Gasteiger partial charge in [0.25, 0.3) is 0 Å². The summed E-state index contributed by atoms with van der Waals surface area (Å²) in [5.74, 6) is 0. The zero-order valence-electron chi connectivity index (χ0n) is 9.16. The summed E-state index contributed by atoms with van der Waals surface area (Å²) >= 11 is 5.94. The molecular weight excluding hydrogens is 229 g/mol. The molecule has 0 fully saturated rings. The summed E-state index contributed by atoms with van der Waals surface area (Å²) in [5.41, 5.74) is 1.26. The van der Waals surface area contributed by atoms with Crippen molar-refractivity contribution >= 4 is 11.6 Å². The predicted octanol–water partition coefficient (Wildman–Crippen LogP) is 0.190. The number of hydrogen-bond donors (Lipinski definition) is 0. The minimum atomic E-state index is 0. The first kappa shape index (κ1) is 14.5. The van der Waals surface area contributed by atoms with Gasteiger partial charge >= 0.3 is 0 Å². The van der Waals surface area contributed by atoms with E-state index in [-0.39, 0.29) is 18.4 Å². The van der Waals surface area contributed by atoms with Gasteiger partial charge in [0, 0.05) is 5.56 Å². The Labute approximate surface area is 103 Å². The lowest BCUT2D eigenvalue weighted by Crippen LogP contribution is -3.00. The molecule has 3 heteroatoms. The van der Waals surface area contributed by atoms with Gasteiger partial charge in [0.1, 0.15) is 6.04 Å². The van der Waals surface area contributed by atoms with Crippen LogP contribution in [-0.2, 0) is 0 Å². The number of nitrogens with zero attached hydrogens (tertiary/aromatic N) is 1. The van der Waals surface area contributed by atoms with Crippen LogP contribution < -0.4 is 12.4 Å². The standard InChI is InChI=1S/C12H17ClN.ClH/c1-4-12(14(2,3)10-13)11-8-6-5-7-9-11;/h4-9,12H,1,10H2,2-3H3;1H/q+1;/p-1. The highest BCUT2D eigenvalue weighted by atomic mass is 35.5. The first-order valence-electron chi connectivity index (χ1n) is 4.68. The monoisotopic (exact) mass is 245 g/mol. The average molecular weight is 246 g/mol. The van der Waals surface area contributed by atoms with Crippen LogP contribution in [0.25, 0.3) is 0 Å². The molecule has 0 bridgehead atoms. The third kappa shape index (κ3) is 3.53. The van der Waals surface area contributed by atoms with E-state index in [1.54, 1.807) is 0 Å². The SMILES string of the molecule is C=CC(c1ccccc1)[N+](C)(C)CCl.[Cl-]. The summed E-state index contributed by atoms with van der Waals surface area (Å²) in [6.07, 6.45) is 1.96. The van der Waals surface area contributed by atoms with Crippen LogP contribution in [0.4, 0.5) is 0 Å². The van der Waals surface area contributed by atoms with Crippen LogP contribution in [0.5, 0.6) is 0 Å². The summed E-state index contributed by atoms with van der Waals surface area (Å²) < 4.78 is 0.717. The van der Waals surface area contributed by atoms with Crippen LogP contribution in [0.2, 0.25) is 0 Å². The van der Waals surface area contributed by atoms with Gasteiger partial charge in [-0.15, -0.1) is 0 Å². The molecule has 84 valence electrons. The van der Waals surface area contributed by atoms with Crippen molar-refractivity contribution in [1.82, 2.24) is 0 Å². The molecule has 1 nitrogen and oxygen atoms in total. The van der Waals surface area contributed by atoms with Crippen LogP contribution in [0.15, 0.2) is 43.0 Å². The van der Waals surface area contributed by atoms with Gasteiger partial charge < -0.3 is 16.9 Å². The van der Waals surface area contributed by atoms with Crippen molar-refractivity contribution < 1.29 is 16.9 Å². The minimum absolute atomic E-state index is 0. The van der Waals surface area contributed by atoms with Crippen molar-refractivity contribution in [1.29, 1.82) is 0 Å². The molecule has 1 aromatic carbocycles. The Bertz CT molecular complexity index is 296. The van der Waals surface area contributed by atoms with Crippen molar-refractivity contribution in [2.24, 2.45) is 0 Å². The molecule has 0 spiro atoms. The first-order valence-corrected chi connectivity index (χ1v) is 5.21. The zero-order chi connectivity index (χ0) is 10.6. The van der Waals surface area contributed by atoms with Crippen molar-refractivity contribution in [3.05, 3.63) is 48.6 Å². The molecule has 0 aliphatic carbocycles. The summed E-state index contributed by atoms with van der Waals surface area (Å²) in [6.45, 7) is 3.88. The molecule has 0 N–H and O–H groups in total. The van der Waals surface area contributed by atoms with Crippen LogP contribution in [0.3, 0.4) is 0 Å². The molecule has 0 saturated heterocycles. The fourth-order valence-corrected chi connectivity index (χ4v) is 1.70. The van der Waals surface area contributed by atoms with Crippen LogP contribution in [0.1, 0.15) is 11.6 Å². The Balaban J connectivity index is 0.00000196. The fraction of sp³-hybridized carbons (Fsp3) is 0.333. The van der Waals surface area contributed by atoms with E-state index in [0.29, 0.717) is 6.00 Å². The number of alkyl halides is 1. The third-order valence-corrected chi connectivity index (χ3v) is 3.04. The van der Waals surface area contributed by atoms with Crippen molar-refractivity contribution in [2.75, 3.05) is 20.1 Å². The highest BCUT2D eigenvalue weighted by Gasteiger charge is 2.25. The van der Waals surface area contributed by atoms with Crippen molar-refractivity contribution in [3.8, 4) is 0 Å². The normalized spacial score (nSPS) is 12.7. The molecule has 0 amide bonds. The maximum atomic E-state index is 5.94. The first-order chi connectivity index (χ1) is 6.61. The van der Waals surface area contributed by atoms with E-state index in [1.807, 2.05) is 24.3 Å². The highest BCUT2D eigenvalue weighted by molar-refractivity contribution is 6.16.